The number of methoxy groups -OCH3 is 2. The second-order valence-electron chi connectivity index (χ2n) is 5.16. The molecule has 21 heavy (non-hydrogen) atoms. The average molecular weight is 298 g/mol. The lowest BCUT2D eigenvalue weighted by Crippen LogP contribution is -2.29. The third-order valence-electron chi connectivity index (χ3n) is 3.38. The minimum Gasteiger partial charge on any atom is -0.468 e. The summed E-state index contributed by atoms with van der Waals surface area (Å²) < 4.78 is 15.9. The first-order chi connectivity index (χ1) is 10.3. The Bertz CT molecular complexity index is 355. The summed E-state index contributed by atoms with van der Waals surface area (Å²) >= 11 is 0. The molecule has 0 aromatic carbocycles. The van der Waals surface area contributed by atoms with E-state index in [0.717, 1.165) is 64.5 Å². The topological polar surface area (TPSA) is 46.9 Å². The molecule has 0 amide bonds. The normalized spacial score (nSPS) is 11.4. The van der Waals surface area contributed by atoms with Gasteiger partial charge in [-0.15, -0.1) is 0 Å². The van der Waals surface area contributed by atoms with Crippen LogP contribution in [-0.4, -0.2) is 52.0 Å². The van der Waals surface area contributed by atoms with Crippen molar-refractivity contribution in [1.29, 1.82) is 0 Å². The lowest BCUT2D eigenvalue weighted by Gasteiger charge is -2.21. The first-order valence-electron chi connectivity index (χ1n) is 7.78. The van der Waals surface area contributed by atoms with E-state index in [1.807, 2.05) is 0 Å². The van der Waals surface area contributed by atoms with E-state index in [0.29, 0.717) is 0 Å². The Morgan fingerprint density at radius 3 is 2.71 bits per heavy atom. The van der Waals surface area contributed by atoms with Gasteiger partial charge in [-0.3, -0.25) is 4.90 Å². The van der Waals surface area contributed by atoms with Crippen LogP contribution in [0, 0.1) is 0 Å². The molecular formula is C16H30N2O3. The molecule has 0 atom stereocenters. The molecule has 0 unspecified atom stereocenters. The lowest BCUT2D eigenvalue weighted by atomic mass is 10.2. The number of hydrogen-bond donors (Lipinski definition) is 1. The molecule has 1 N–H and O–H groups in total. The molecule has 0 aliphatic rings. The fourth-order valence-corrected chi connectivity index (χ4v) is 2.21. The van der Waals surface area contributed by atoms with Crippen molar-refractivity contribution < 1.29 is 13.9 Å². The zero-order valence-corrected chi connectivity index (χ0v) is 13.7. The molecule has 5 heteroatoms. The van der Waals surface area contributed by atoms with Crippen LogP contribution in [0.3, 0.4) is 0 Å². The average Bonchev–Trinajstić information content (AvgIpc) is 2.92. The quantitative estimate of drug-likeness (QED) is 0.566. The van der Waals surface area contributed by atoms with Crippen molar-refractivity contribution in [3.05, 3.63) is 23.7 Å². The predicted molar refractivity (Wildman–Crippen MR) is 84.4 cm³/mol. The lowest BCUT2D eigenvalue weighted by molar-refractivity contribution is 0.129. The summed E-state index contributed by atoms with van der Waals surface area (Å²) in [4.78, 5) is 2.39. The van der Waals surface area contributed by atoms with Gasteiger partial charge in [0.05, 0.1) is 19.4 Å². The molecule has 0 aliphatic heterocycles. The van der Waals surface area contributed by atoms with Crippen molar-refractivity contribution in [3.8, 4) is 0 Å². The van der Waals surface area contributed by atoms with E-state index in [1.54, 1.807) is 20.5 Å². The van der Waals surface area contributed by atoms with Crippen LogP contribution in [0.1, 0.15) is 31.1 Å². The zero-order chi connectivity index (χ0) is 15.3. The molecule has 0 spiro atoms. The molecule has 1 aromatic rings. The Morgan fingerprint density at radius 2 is 2.00 bits per heavy atom. The zero-order valence-electron chi connectivity index (χ0n) is 13.7. The number of rotatable bonds is 13. The van der Waals surface area contributed by atoms with Crippen molar-refractivity contribution >= 4 is 0 Å². The van der Waals surface area contributed by atoms with Gasteiger partial charge in [0.1, 0.15) is 5.76 Å². The highest BCUT2D eigenvalue weighted by Gasteiger charge is 2.11. The summed E-state index contributed by atoms with van der Waals surface area (Å²) in [6.45, 7) is 8.34. The molecule has 0 saturated carbocycles. The van der Waals surface area contributed by atoms with Crippen LogP contribution in [0.5, 0.6) is 0 Å². The van der Waals surface area contributed by atoms with E-state index in [2.05, 4.69) is 23.2 Å². The van der Waals surface area contributed by atoms with E-state index in [-0.39, 0.29) is 0 Å². The molecule has 0 aliphatic carbocycles. The largest absolute Gasteiger partial charge is 0.468 e. The fraction of sp³-hybridized carbons (Fsp3) is 0.750. The van der Waals surface area contributed by atoms with Crippen LogP contribution in [-0.2, 0) is 22.6 Å². The van der Waals surface area contributed by atoms with Gasteiger partial charge in [-0.1, -0.05) is 6.92 Å². The molecule has 0 fully saturated rings. The molecule has 5 nitrogen and oxygen atoms in total. The molecule has 1 aromatic heterocycles. The molecule has 1 heterocycles. The SMILES string of the molecule is CCCNCc1occc1CN(CCCOC)CCOC. The molecule has 122 valence electrons. The molecule has 0 saturated heterocycles. The number of ether oxygens (including phenoxy) is 2. The van der Waals surface area contributed by atoms with Gasteiger partial charge in [0.25, 0.3) is 0 Å². The van der Waals surface area contributed by atoms with Gasteiger partial charge in [-0.25, -0.2) is 0 Å². The molecule has 0 bridgehead atoms. The number of nitrogens with one attached hydrogen (secondary N) is 1. The summed E-state index contributed by atoms with van der Waals surface area (Å²) in [7, 11) is 3.48. The number of nitrogens with zero attached hydrogens (tertiary/aromatic N) is 1. The minimum atomic E-state index is 0.744. The van der Waals surface area contributed by atoms with Gasteiger partial charge in [-0.2, -0.15) is 0 Å². The van der Waals surface area contributed by atoms with E-state index < -0.39 is 0 Å². The smallest absolute Gasteiger partial charge is 0.122 e. The van der Waals surface area contributed by atoms with Crippen molar-refractivity contribution in [1.82, 2.24) is 10.2 Å². The van der Waals surface area contributed by atoms with Crippen LogP contribution < -0.4 is 5.32 Å². The van der Waals surface area contributed by atoms with E-state index >= 15 is 0 Å². The molecule has 0 radical (unpaired) electrons. The van der Waals surface area contributed by atoms with Crippen molar-refractivity contribution in [2.45, 2.75) is 32.9 Å². The highest BCUT2D eigenvalue weighted by atomic mass is 16.5. The van der Waals surface area contributed by atoms with Crippen LogP contribution in [0.25, 0.3) is 0 Å². The summed E-state index contributed by atoms with van der Waals surface area (Å²) in [5.74, 6) is 1.04. The number of hydrogen-bond acceptors (Lipinski definition) is 5. The van der Waals surface area contributed by atoms with Gasteiger partial charge in [-0.05, 0) is 25.5 Å². The Balaban J connectivity index is 2.49. The van der Waals surface area contributed by atoms with E-state index in [4.69, 9.17) is 13.9 Å². The van der Waals surface area contributed by atoms with E-state index in [1.165, 1.54) is 5.56 Å². The maximum atomic E-state index is 5.60. The van der Waals surface area contributed by atoms with Crippen molar-refractivity contribution in [2.75, 3.05) is 47.1 Å². The van der Waals surface area contributed by atoms with Gasteiger partial charge in [0.2, 0.25) is 0 Å². The summed E-state index contributed by atoms with van der Waals surface area (Å²) in [5.41, 5.74) is 1.26. The standard InChI is InChI=1S/C16H30N2O3/c1-4-7-17-13-16-15(6-11-21-16)14-18(9-12-20-3)8-5-10-19-2/h6,11,17H,4-5,7-10,12-14H2,1-3H3. The Morgan fingerprint density at radius 1 is 1.19 bits per heavy atom. The van der Waals surface area contributed by atoms with Crippen molar-refractivity contribution in [3.63, 3.8) is 0 Å². The van der Waals surface area contributed by atoms with Crippen LogP contribution in [0.4, 0.5) is 0 Å². The molecule has 1 rings (SSSR count). The van der Waals surface area contributed by atoms with Gasteiger partial charge in [0.15, 0.2) is 0 Å². The summed E-state index contributed by atoms with van der Waals surface area (Å²) in [6, 6.07) is 2.07. The first kappa shape index (κ1) is 18.2. The highest BCUT2D eigenvalue weighted by molar-refractivity contribution is 5.16. The summed E-state index contributed by atoms with van der Waals surface area (Å²) in [5, 5.41) is 3.39. The van der Waals surface area contributed by atoms with Gasteiger partial charge < -0.3 is 19.2 Å². The Kier molecular flexibility index (Phi) is 10.2. The maximum Gasteiger partial charge on any atom is 0.122 e. The van der Waals surface area contributed by atoms with Gasteiger partial charge in [0, 0.05) is 46.0 Å². The third kappa shape index (κ3) is 7.62. The third-order valence-corrected chi connectivity index (χ3v) is 3.38. The second-order valence-corrected chi connectivity index (χ2v) is 5.16. The maximum absolute atomic E-state index is 5.60. The van der Waals surface area contributed by atoms with E-state index in [9.17, 15) is 0 Å². The first-order valence-corrected chi connectivity index (χ1v) is 7.78. The Hall–Kier alpha value is -0.880. The fourth-order valence-electron chi connectivity index (χ4n) is 2.21. The van der Waals surface area contributed by atoms with Crippen LogP contribution >= 0.6 is 0 Å². The van der Waals surface area contributed by atoms with Crippen molar-refractivity contribution in [2.24, 2.45) is 0 Å². The predicted octanol–water partition coefficient (Wildman–Crippen LogP) is 2.26. The van der Waals surface area contributed by atoms with Gasteiger partial charge >= 0.3 is 0 Å². The Labute approximate surface area is 128 Å². The number of furan rings is 1. The summed E-state index contributed by atoms with van der Waals surface area (Å²) in [6.07, 6.45) is 3.94. The minimum absolute atomic E-state index is 0.744. The van der Waals surface area contributed by atoms with Crippen LogP contribution in [0.2, 0.25) is 0 Å². The highest BCUT2D eigenvalue weighted by Crippen LogP contribution is 2.13. The molecular weight excluding hydrogens is 268 g/mol. The monoisotopic (exact) mass is 298 g/mol. The van der Waals surface area contributed by atoms with Crippen LogP contribution in [0.15, 0.2) is 16.7 Å². The second kappa shape index (κ2) is 11.7.